The number of aliphatic hydroxyl groups is 1. The van der Waals surface area contributed by atoms with Gasteiger partial charge in [-0.2, -0.15) is 0 Å². The van der Waals surface area contributed by atoms with Gasteiger partial charge >= 0.3 is 0 Å². The van der Waals surface area contributed by atoms with Crippen LogP contribution in [0.1, 0.15) is 43.5 Å². The quantitative estimate of drug-likeness (QED) is 0.908. The van der Waals surface area contributed by atoms with Crippen molar-refractivity contribution in [1.82, 2.24) is 4.98 Å². The highest BCUT2D eigenvalue weighted by molar-refractivity contribution is 7.09. The maximum Gasteiger partial charge on any atom is 0.0950 e. The van der Waals surface area contributed by atoms with Gasteiger partial charge in [0.25, 0.3) is 0 Å². The average Bonchev–Trinajstić information content (AvgIpc) is 2.79. The molecule has 1 atom stereocenters. The van der Waals surface area contributed by atoms with E-state index >= 15 is 0 Å². The molecule has 98 valence electrons. The summed E-state index contributed by atoms with van der Waals surface area (Å²) in [6, 6.07) is 0. The molecule has 1 aromatic rings. The molecule has 4 fully saturated rings. The van der Waals surface area contributed by atoms with Crippen LogP contribution in [-0.4, -0.2) is 16.2 Å². The van der Waals surface area contributed by atoms with Crippen molar-refractivity contribution in [2.45, 2.75) is 51.0 Å². The molecule has 1 unspecified atom stereocenters. The summed E-state index contributed by atoms with van der Waals surface area (Å²) in [6.45, 7) is 0. The molecule has 0 spiro atoms. The minimum Gasteiger partial charge on any atom is -0.392 e. The number of thiazole rings is 1. The van der Waals surface area contributed by atoms with E-state index in [9.17, 15) is 5.11 Å². The molecule has 1 N–H and O–H groups in total. The first-order valence-corrected chi connectivity index (χ1v) is 8.18. The highest BCUT2D eigenvalue weighted by Crippen LogP contribution is 2.61. The van der Waals surface area contributed by atoms with Gasteiger partial charge in [-0.1, -0.05) is 0 Å². The lowest BCUT2D eigenvalue weighted by Crippen LogP contribution is -2.52. The van der Waals surface area contributed by atoms with Gasteiger partial charge in [-0.05, 0) is 61.7 Å². The minimum atomic E-state index is -0.156. The van der Waals surface area contributed by atoms with Crippen molar-refractivity contribution in [1.29, 1.82) is 0 Å². The van der Waals surface area contributed by atoms with E-state index in [1.807, 2.05) is 11.6 Å². The Kier molecular flexibility index (Phi) is 2.56. The molecule has 0 aliphatic heterocycles. The molecule has 0 radical (unpaired) electrons. The second-order valence-electron chi connectivity index (χ2n) is 6.93. The topological polar surface area (TPSA) is 33.1 Å². The van der Waals surface area contributed by atoms with Crippen molar-refractivity contribution in [2.24, 2.45) is 23.2 Å². The summed E-state index contributed by atoms with van der Waals surface area (Å²) < 4.78 is 0. The molecule has 0 amide bonds. The molecule has 4 aliphatic rings. The first kappa shape index (κ1) is 11.4. The van der Waals surface area contributed by atoms with Crippen LogP contribution in [-0.2, 0) is 6.42 Å². The Hall–Kier alpha value is -0.410. The zero-order chi connectivity index (χ0) is 12.2. The number of hydrogen-bond acceptors (Lipinski definition) is 3. The van der Waals surface area contributed by atoms with Gasteiger partial charge in [-0.25, -0.2) is 4.98 Å². The summed E-state index contributed by atoms with van der Waals surface area (Å²) in [6.07, 6.45) is 10.7. The van der Waals surface area contributed by atoms with Crippen LogP contribution in [0, 0.1) is 23.2 Å². The minimum absolute atomic E-state index is 0.156. The summed E-state index contributed by atoms with van der Waals surface area (Å²) in [4.78, 5) is 4.34. The largest absolute Gasteiger partial charge is 0.392 e. The smallest absolute Gasteiger partial charge is 0.0950 e. The van der Waals surface area contributed by atoms with Crippen molar-refractivity contribution in [3.63, 3.8) is 0 Å². The van der Waals surface area contributed by atoms with Gasteiger partial charge in [0.2, 0.25) is 0 Å². The summed E-state index contributed by atoms with van der Waals surface area (Å²) in [5.41, 5.74) is 0.250. The Morgan fingerprint density at radius 1 is 1.22 bits per heavy atom. The third kappa shape index (κ3) is 1.75. The van der Waals surface area contributed by atoms with E-state index in [2.05, 4.69) is 4.98 Å². The maximum atomic E-state index is 10.8. The van der Waals surface area contributed by atoms with Crippen LogP contribution in [0.5, 0.6) is 0 Å². The zero-order valence-electron chi connectivity index (χ0n) is 10.7. The first-order valence-electron chi connectivity index (χ1n) is 7.30. The van der Waals surface area contributed by atoms with Crippen LogP contribution in [0.3, 0.4) is 0 Å². The van der Waals surface area contributed by atoms with Crippen LogP contribution in [0.15, 0.2) is 11.6 Å². The number of aromatic nitrogens is 1. The summed E-state index contributed by atoms with van der Waals surface area (Å²) in [7, 11) is 0. The van der Waals surface area contributed by atoms with E-state index in [1.165, 1.54) is 38.5 Å². The first-order chi connectivity index (χ1) is 8.73. The van der Waals surface area contributed by atoms with Crippen molar-refractivity contribution >= 4 is 11.3 Å². The average molecular weight is 263 g/mol. The molecule has 0 aromatic carbocycles. The molecule has 3 heteroatoms. The fourth-order valence-electron chi connectivity index (χ4n) is 5.32. The van der Waals surface area contributed by atoms with Gasteiger partial charge in [-0.15, -0.1) is 11.3 Å². The Labute approximate surface area is 112 Å². The lowest BCUT2D eigenvalue weighted by Gasteiger charge is -2.58. The van der Waals surface area contributed by atoms with Crippen LogP contribution in [0.2, 0.25) is 0 Å². The lowest BCUT2D eigenvalue weighted by atomic mass is 9.48. The van der Waals surface area contributed by atoms with Crippen LogP contribution in [0.25, 0.3) is 0 Å². The van der Waals surface area contributed by atoms with Crippen molar-refractivity contribution in [3.8, 4) is 0 Å². The monoisotopic (exact) mass is 263 g/mol. The van der Waals surface area contributed by atoms with E-state index in [0.29, 0.717) is 0 Å². The van der Waals surface area contributed by atoms with Gasteiger partial charge < -0.3 is 5.11 Å². The molecular weight excluding hydrogens is 242 g/mol. The third-order valence-corrected chi connectivity index (χ3v) is 6.45. The molecule has 1 heterocycles. The van der Waals surface area contributed by atoms with Crippen molar-refractivity contribution in [2.75, 3.05) is 0 Å². The number of nitrogens with zero attached hydrogens (tertiary/aromatic N) is 1. The molecule has 5 rings (SSSR count). The zero-order valence-corrected chi connectivity index (χ0v) is 11.5. The highest BCUT2D eigenvalue weighted by Gasteiger charge is 2.53. The molecule has 4 bridgehead atoms. The highest BCUT2D eigenvalue weighted by atomic mass is 32.1. The fourth-order valence-corrected chi connectivity index (χ4v) is 5.98. The number of aliphatic hydroxyl groups excluding tert-OH is 1. The van der Waals surface area contributed by atoms with E-state index in [-0.39, 0.29) is 11.5 Å². The Morgan fingerprint density at radius 3 is 2.33 bits per heavy atom. The van der Waals surface area contributed by atoms with Gasteiger partial charge in [0, 0.05) is 18.0 Å². The number of hydrogen-bond donors (Lipinski definition) is 1. The molecule has 4 saturated carbocycles. The molecular formula is C15H21NOS. The Balaban J connectivity index is 1.56. The standard InChI is InChI=1S/C15H21NOS/c17-13(6-14-16-1-2-18-14)15-7-10-3-11(8-15)5-12(4-10)9-15/h1-2,10-13,17H,3-9H2. The van der Waals surface area contributed by atoms with E-state index in [1.54, 1.807) is 11.3 Å². The summed E-state index contributed by atoms with van der Waals surface area (Å²) in [5.74, 6) is 2.76. The van der Waals surface area contributed by atoms with Crippen LogP contribution in [0.4, 0.5) is 0 Å². The van der Waals surface area contributed by atoms with Gasteiger partial charge in [0.15, 0.2) is 0 Å². The van der Waals surface area contributed by atoms with Crippen molar-refractivity contribution in [3.05, 3.63) is 16.6 Å². The molecule has 2 nitrogen and oxygen atoms in total. The third-order valence-electron chi connectivity index (χ3n) is 5.64. The van der Waals surface area contributed by atoms with Gasteiger partial charge in [-0.3, -0.25) is 0 Å². The van der Waals surface area contributed by atoms with E-state index < -0.39 is 0 Å². The lowest BCUT2D eigenvalue weighted by molar-refractivity contribution is -0.119. The summed E-state index contributed by atoms with van der Waals surface area (Å²) in [5, 5.41) is 13.9. The second-order valence-corrected chi connectivity index (χ2v) is 7.90. The van der Waals surface area contributed by atoms with E-state index in [0.717, 1.165) is 29.2 Å². The summed E-state index contributed by atoms with van der Waals surface area (Å²) >= 11 is 1.68. The van der Waals surface area contributed by atoms with E-state index in [4.69, 9.17) is 0 Å². The van der Waals surface area contributed by atoms with Crippen LogP contribution < -0.4 is 0 Å². The predicted octanol–water partition coefficient (Wildman–Crippen LogP) is 3.26. The Bertz CT molecular complexity index is 392. The second kappa shape index (κ2) is 4.04. The fraction of sp³-hybridized carbons (Fsp3) is 0.800. The number of rotatable bonds is 3. The SMILES string of the molecule is OC(Cc1nccs1)C12CC3CC(CC(C3)C1)C2. The molecule has 18 heavy (non-hydrogen) atoms. The molecule has 0 saturated heterocycles. The molecule has 4 aliphatic carbocycles. The Morgan fingerprint density at radius 2 is 1.83 bits per heavy atom. The van der Waals surface area contributed by atoms with Gasteiger partial charge in [0.05, 0.1) is 11.1 Å². The maximum absolute atomic E-state index is 10.8. The van der Waals surface area contributed by atoms with Crippen LogP contribution >= 0.6 is 11.3 Å². The predicted molar refractivity (Wildman–Crippen MR) is 72.4 cm³/mol. The molecule has 1 aromatic heterocycles. The van der Waals surface area contributed by atoms with Gasteiger partial charge in [0.1, 0.15) is 0 Å². The normalized spacial score (nSPS) is 43.3. The van der Waals surface area contributed by atoms with Crippen molar-refractivity contribution < 1.29 is 5.11 Å².